The number of hydrogen-bond donors (Lipinski definition) is 1. The molecule has 18 heavy (non-hydrogen) atoms. The monoisotopic (exact) mass is 266 g/mol. The molecule has 0 amide bonds. The van der Waals surface area contributed by atoms with Crippen molar-refractivity contribution in [2.75, 3.05) is 13.2 Å². The van der Waals surface area contributed by atoms with Crippen LogP contribution >= 0.6 is 0 Å². The van der Waals surface area contributed by atoms with Crippen molar-refractivity contribution < 1.29 is 13.2 Å². The molecule has 6 heteroatoms. The molecular weight excluding hydrogens is 252 g/mol. The van der Waals surface area contributed by atoms with E-state index >= 15 is 0 Å². The number of benzene rings is 1. The van der Waals surface area contributed by atoms with Crippen LogP contribution in [0, 0.1) is 0 Å². The van der Waals surface area contributed by atoms with Crippen molar-refractivity contribution in [1.29, 1.82) is 0 Å². The predicted molar refractivity (Wildman–Crippen MR) is 67.1 cm³/mol. The minimum Gasteiger partial charge on any atom is -0.379 e. The minimum atomic E-state index is -3.44. The van der Waals surface area contributed by atoms with Crippen molar-refractivity contribution in [3.63, 3.8) is 0 Å². The summed E-state index contributed by atoms with van der Waals surface area (Å²) in [5, 5.41) is 0. The lowest BCUT2D eigenvalue weighted by Gasteiger charge is -2.16. The van der Waals surface area contributed by atoms with E-state index in [1.54, 1.807) is 18.2 Å². The standard InChI is InChI=1S/C12H14N2O3S/c1-12(6-7-17-8-12)13-11-9-4-2-3-5-10(9)18(15,16)14-11/h2-5H,6-8H2,1H3,(H,13,14). The summed E-state index contributed by atoms with van der Waals surface area (Å²) in [6, 6.07) is 6.88. The van der Waals surface area contributed by atoms with Crippen molar-refractivity contribution in [2.24, 2.45) is 4.99 Å². The average Bonchev–Trinajstić information content (AvgIpc) is 2.84. The second-order valence-electron chi connectivity index (χ2n) is 4.86. The Kier molecular flexibility index (Phi) is 2.46. The Bertz CT molecular complexity index is 616. The molecule has 1 unspecified atom stereocenters. The number of fused-ring (bicyclic) bond motifs is 1. The first kappa shape index (κ1) is 11.7. The van der Waals surface area contributed by atoms with E-state index in [0.29, 0.717) is 29.5 Å². The quantitative estimate of drug-likeness (QED) is 0.821. The molecule has 0 aromatic heterocycles. The molecule has 1 atom stereocenters. The summed E-state index contributed by atoms with van der Waals surface area (Å²) in [4.78, 5) is 4.84. The third kappa shape index (κ3) is 1.81. The Hall–Kier alpha value is -1.40. The number of aliphatic imine (C=N–C) groups is 1. The maximum atomic E-state index is 11.9. The fraction of sp³-hybridized carbons (Fsp3) is 0.417. The molecule has 1 aromatic rings. The van der Waals surface area contributed by atoms with E-state index in [1.165, 1.54) is 0 Å². The number of rotatable bonds is 1. The molecule has 2 aliphatic rings. The number of amidine groups is 1. The molecule has 1 saturated heterocycles. The van der Waals surface area contributed by atoms with Crippen LogP contribution in [0.4, 0.5) is 0 Å². The summed E-state index contributed by atoms with van der Waals surface area (Å²) >= 11 is 0. The van der Waals surface area contributed by atoms with E-state index in [-0.39, 0.29) is 5.54 Å². The van der Waals surface area contributed by atoms with Gasteiger partial charge in [-0.1, -0.05) is 12.1 Å². The molecule has 0 saturated carbocycles. The van der Waals surface area contributed by atoms with Crippen molar-refractivity contribution >= 4 is 15.9 Å². The zero-order valence-electron chi connectivity index (χ0n) is 10.0. The van der Waals surface area contributed by atoms with Crippen LogP contribution in [0.1, 0.15) is 18.9 Å². The largest absolute Gasteiger partial charge is 0.379 e. The SMILES string of the molecule is CC1(N=C2NS(=O)(=O)c3ccccc32)CCOC1. The van der Waals surface area contributed by atoms with Crippen LogP contribution in [-0.4, -0.2) is 33.0 Å². The van der Waals surface area contributed by atoms with Crippen LogP contribution in [0.25, 0.3) is 0 Å². The van der Waals surface area contributed by atoms with Gasteiger partial charge >= 0.3 is 0 Å². The number of nitrogens with one attached hydrogen (secondary N) is 1. The molecule has 0 spiro atoms. The maximum absolute atomic E-state index is 11.9. The van der Waals surface area contributed by atoms with Crippen LogP contribution in [-0.2, 0) is 14.8 Å². The molecule has 0 radical (unpaired) electrons. The average molecular weight is 266 g/mol. The van der Waals surface area contributed by atoms with Gasteiger partial charge in [0, 0.05) is 12.2 Å². The van der Waals surface area contributed by atoms with Crippen LogP contribution in [0.3, 0.4) is 0 Å². The molecule has 3 rings (SSSR count). The van der Waals surface area contributed by atoms with Crippen LogP contribution in [0.5, 0.6) is 0 Å². The van der Waals surface area contributed by atoms with Gasteiger partial charge in [0.25, 0.3) is 10.0 Å². The zero-order valence-corrected chi connectivity index (χ0v) is 10.8. The first-order valence-corrected chi connectivity index (χ1v) is 7.28. The second-order valence-corrected chi connectivity index (χ2v) is 6.51. The van der Waals surface area contributed by atoms with E-state index in [1.807, 2.05) is 13.0 Å². The summed E-state index contributed by atoms with van der Waals surface area (Å²) in [5.74, 6) is 0.429. The second kappa shape index (κ2) is 3.80. The molecule has 5 nitrogen and oxygen atoms in total. The normalized spacial score (nSPS) is 31.3. The van der Waals surface area contributed by atoms with Gasteiger partial charge < -0.3 is 4.74 Å². The van der Waals surface area contributed by atoms with Gasteiger partial charge in [-0.25, -0.2) is 8.42 Å². The molecule has 1 aromatic carbocycles. The summed E-state index contributed by atoms with van der Waals surface area (Å²) in [5.41, 5.74) is 0.306. The lowest BCUT2D eigenvalue weighted by Crippen LogP contribution is -2.29. The lowest BCUT2D eigenvalue weighted by atomic mass is 10.0. The van der Waals surface area contributed by atoms with Crippen molar-refractivity contribution in [3.05, 3.63) is 29.8 Å². The highest BCUT2D eigenvalue weighted by Gasteiger charge is 2.35. The van der Waals surface area contributed by atoms with Crippen LogP contribution in [0.15, 0.2) is 34.2 Å². The van der Waals surface area contributed by atoms with E-state index in [2.05, 4.69) is 9.71 Å². The predicted octanol–water partition coefficient (Wildman–Crippen LogP) is 0.904. The van der Waals surface area contributed by atoms with Crippen LogP contribution in [0.2, 0.25) is 0 Å². The Morgan fingerprint density at radius 1 is 1.39 bits per heavy atom. The van der Waals surface area contributed by atoms with Crippen molar-refractivity contribution in [3.8, 4) is 0 Å². The topological polar surface area (TPSA) is 67.8 Å². The van der Waals surface area contributed by atoms with Gasteiger partial charge in [0.1, 0.15) is 5.84 Å². The number of hydrogen-bond acceptors (Lipinski definition) is 4. The van der Waals surface area contributed by atoms with Crippen molar-refractivity contribution in [1.82, 2.24) is 4.72 Å². The Balaban J connectivity index is 2.09. The molecule has 2 aliphatic heterocycles. The molecule has 1 fully saturated rings. The first-order chi connectivity index (χ1) is 8.50. The van der Waals surface area contributed by atoms with Gasteiger partial charge in [0.15, 0.2) is 0 Å². The fourth-order valence-electron chi connectivity index (χ4n) is 2.23. The van der Waals surface area contributed by atoms with E-state index in [4.69, 9.17) is 4.74 Å². The Morgan fingerprint density at radius 3 is 2.89 bits per heavy atom. The first-order valence-electron chi connectivity index (χ1n) is 5.80. The van der Waals surface area contributed by atoms with Gasteiger partial charge in [0.2, 0.25) is 0 Å². The zero-order chi connectivity index (χ0) is 12.8. The van der Waals surface area contributed by atoms with Gasteiger partial charge in [-0.15, -0.1) is 0 Å². The highest BCUT2D eigenvalue weighted by molar-refractivity contribution is 7.90. The number of nitrogens with zero attached hydrogens (tertiary/aromatic N) is 1. The minimum absolute atomic E-state index is 0.297. The smallest absolute Gasteiger partial charge is 0.263 e. The summed E-state index contributed by atoms with van der Waals surface area (Å²) in [7, 11) is -3.44. The Labute approximate surface area is 106 Å². The fourth-order valence-corrected chi connectivity index (χ4v) is 3.46. The summed E-state index contributed by atoms with van der Waals surface area (Å²) < 4.78 is 31.7. The molecule has 2 heterocycles. The van der Waals surface area contributed by atoms with Crippen molar-refractivity contribution in [2.45, 2.75) is 23.8 Å². The van der Waals surface area contributed by atoms with Gasteiger partial charge in [-0.05, 0) is 25.5 Å². The number of sulfonamides is 1. The summed E-state index contributed by atoms with van der Waals surface area (Å²) in [6.07, 6.45) is 0.806. The van der Waals surface area contributed by atoms with E-state index in [9.17, 15) is 8.42 Å². The molecule has 96 valence electrons. The molecule has 1 N–H and O–H groups in total. The highest BCUT2D eigenvalue weighted by atomic mass is 32.2. The number of ether oxygens (including phenoxy) is 1. The molecule has 0 bridgehead atoms. The third-order valence-corrected chi connectivity index (χ3v) is 4.64. The van der Waals surface area contributed by atoms with Gasteiger partial charge in [0.05, 0.1) is 17.0 Å². The van der Waals surface area contributed by atoms with E-state index < -0.39 is 10.0 Å². The van der Waals surface area contributed by atoms with E-state index in [0.717, 1.165) is 6.42 Å². The maximum Gasteiger partial charge on any atom is 0.263 e. The van der Waals surface area contributed by atoms with Crippen LogP contribution < -0.4 is 4.72 Å². The molecular formula is C12H14N2O3S. The summed E-state index contributed by atoms with van der Waals surface area (Å²) in [6.45, 7) is 3.17. The third-order valence-electron chi connectivity index (χ3n) is 3.24. The lowest BCUT2D eigenvalue weighted by molar-refractivity contribution is 0.182. The molecule has 0 aliphatic carbocycles. The highest BCUT2D eigenvalue weighted by Crippen LogP contribution is 2.27. The Morgan fingerprint density at radius 2 is 2.17 bits per heavy atom. The van der Waals surface area contributed by atoms with Gasteiger partial charge in [-0.2, -0.15) is 0 Å². The van der Waals surface area contributed by atoms with Gasteiger partial charge in [-0.3, -0.25) is 9.71 Å².